The van der Waals surface area contributed by atoms with E-state index in [0.29, 0.717) is 64.1 Å². The minimum absolute atomic E-state index is 0.0749. The minimum Gasteiger partial charge on any atom is -0.490 e. The number of aromatic nitrogens is 4. The monoisotopic (exact) mass is 866 g/mol. The Kier molecular flexibility index (Phi) is 18.1. The van der Waals surface area contributed by atoms with Crippen molar-refractivity contribution in [1.82, 2.24) is 25.3 Å². The number of anilines is 2. The molecule has 0 aliphatic heterocycles. The fourth-order valence-electron chi connectivity index (χ4n) is 6.32. The van der Waals surface area contributed by atoms with Gasteiger partial charge in [0.2, 0.25) is 11.9 Å². The molecule has 4 rings (SSSR count). The molecule has 0 aliphatic carbocycles. The number of nitrogens with two attached hydrogens (primary N) is 1. The molecule has 0 bridgehead atoms. The van der Waals surface area contributed by atoms with Gasteiger partial charge in [0, 0.05) is 29.1 Å². The summed E-state index contributed by atoms with van der Waals surface area (Å²) < 4.78 is 26.3. The highest BCUT2D eigenvalue weighted by Gasteiger charge is 2.31. The summed E-state index contributed by atoms with van der Waals surface area (Å²) in [6, 6.07) is 17.9. The van der Waals surface area contributed by atoms with Crippen molar-refractivity contribution in [3.8, 4) is 46.2 Å². The number of nitrogens with one attached hydrogen (secondary N) is 3. The van der Waals surface area contributed by atoms with Crippen LogP contribution in [0.2, 0.25) is 0 Å². The molecule has 336 valence electrons. The highest BCUT2D eigenvalue weighted by Crippen LogP contribution is 2.29. The lowest BCUT2D eigenvalue weighted by molar-refractivity contribution is 0.0407. The van der Waals surface area contributed by atoms with Crippen LogP contribution in [0.3, 0.4) is 0 Å². The van der Waals surface area contributed by atoms with Gasteiger partial charge in [-0.25, -0.2) is 34.3 Å². The van der Waals surface area contributed by atoms with Crippen LogP contribution in [0.25, 0.3) is 22.5 Å². The van der Waals surface area contributed by atoms with Gasteiger partial charge in [-0.3, -0.25) is 10.6 Å². The van der Waals surface area contributed by atoms with Gasteiger partial charge < -0.3 is 34.7 Å². The van der Waals surface area contributed by atoms with E-state index in [1.807, 2.05) is 13.8 Å². The van der Waals surface area contributed by atoms with E-state index in [1.54, 1.807) is 69.3 Å². The Morgan fingerprint density at radius 1 is 0.683 bits per heavy atom. The highest BCUT2D eigenvalue weighted by atomic mass is 16.6. The fourth-order valence-corrected chi connectivity index (χ4v) is 6.32. The molecule has 2 heterocycles. The van der Waals surface area contributed by atoms with Crippen molar-refractivity contribution in [2.75, 3.05) is 38.1 Å². The van der Waals surface area contributed by atoms with Crippen LogP contribution in [0.5, 0.6) is 11.5 Å². The van der Waals surface area contributed by atoms with Crippen molar-refractivity contribution in [2.45, 2.75) is 91.8 Å². The molecule has 18 heteroatoms. The van der Waals surface area contributed by atoms with Crippen molar-refractivity contribution in [2.24, 2.45) is 17.6 Å². The molecule has 2 aromatic heterocycles. The maximum atomic E-state index is 12.4. The van der Waals surface area contributed by atoms with Gasteiger partial charge in [-0.2, -0.15) is 10.5 Å². The second kappa shape index (κ2) is 22.7. The summed E-state index contributed by atoms with van der Waals surface area (Å²) in [6.07, 6.45) is 2.57. The third-order valence-corrected chi connectivity index (χ3v) is 8.54. The summed E-state index contributed by atoms with van der Waals surface area (Å²) in [5.41, 5.74) is 7.51. The van der Waals surface area contributed by atoms with Gasteiger partial charge in [0.15, 0.2) is 0 Å². The average Bonchev–Trinajstić information content (AvgIpc) is 3.20. The smallest absolute Gasteiger partial charge is 0.413 e. The molecule has 2 aromatic carbocycles. The number of rotatable bonds is 15. The Bertz CT molecular complexity index is 2280. The Morgan fingerprint density at radius 3 is 1.52 bits per heavy atom. The van der Waals surface area contributed by atoms with Gasteiger partial charge in [0.05, 0.1) is 42.3 Å². The number of hydrogen-bond donors (Lipinski definition) is 4. The number of carbonyl (C=O) groups excluding carboxylic acids is 3. The van der Waals surface area contributed by atoms with Gasteiger partial charge in [-0.15, -0.1) is 0 Å². The first-order chi connectivity index (χ1) is 29.6. The van der Waals surface area contributed by atoms with Crippen LogP contribution in [-0.2, 0) is 14.2 Å². The van der Waals surface area contributed by atoms with Gasteiger partial charge in [0.1, 0.15) is 42.5 Å². The summed E-state index contributed by atoms with van der Waals surface area (Å²) in [5.74, 6) is 1.75. The van der Waals surface area contributed by atoms with Crippen molar-refractivity contribution in [3.05, 3.63) is 72.1 Å². The molecule has 18 nitrogen and oxygen atoms in total. The Hall–Kier alpha value is -7.05. The number of amides is 3. The first kappa shape index (κ1) is 50.3. The lowest BCUT2D eigenvalue weighted by Crippen LogP contribution is -2.52. The molecule has 0 saturated heterocycles. The van der Waals surface area contributed by atoms with Gasteiger partial charge in [-0.05, 0) is 108 Å². The van der Waals surface area contributed by atoms with Gasteiger partial charge >= 0.3 is 18.3 Å². The zero-order valence-corrected chi connectivity index (χ0v) is 37.8. The molecule has 0 radical (unpaired) electrons. The van der Waals surface area contributed by atoms with Crippen LogP contribution in [0.15, 0.2) is 60.9 Å². The molecule has 2 atom stereocenters. The summed E-state index contributed by atoms with van der Waals surface area (Å²) in [5, 5.41) is 27.0. The van der Waals surface area contributed by atoms with Crippen molar-refractivity contribution in [3.63, 3.8) is 0 Å². The molecular weight excluding hydrogens is 809 g/mol. The molecule has 0 fully saturated rings. The van der Waals surface area contributed by atoms with Crippen LogP contribution >= 0.6 is 0 Å². The number of carbonyl (C=O) groups is 3. The first-order valence-corrected chi connectivity index (χ1v) is 20.1. The van der Waals surface area contributed by atoms with Crippen LogP contribution in [-0.4, -0.2) is 82.3 Å². The zero-order chi connectivity index (χ0) is 47.0. The van der Waals surface area contributed by atoms with E-state index in [4.69, 9.17) is 19.9 Å². The number of hydrogen-bond acceptors (Lipinski definition) is 15. The van der Waals surface area contributed by atoms with E-state index in [1.165, 1.54) is 26.6 Å². The van der Waals surface area contributed by atoms with E-state index >= 15 is 0 Å². The average molecular weight is 867 g/mol. The number of benzene rings is 2. The summed E-state index contributed by atoms with van der Waals surface area (Å²) in [7, 11) is 2.50. The van der Waals surface area contributed by atoms with E-state index in [0.717, 1.165) is 6.42 Å². The predicted molar refractivity (Wildman–Crippen MR) is 237 cm³/mol. The molecule has 5 N–H and O–H groups in total. The summed E-state index contributed by atoms with van der Waals surface area (Å²) >= 11 is 0. The van der Waals surface area contributed by atoms with E-state index in [2.05, 4.69) is 85.2 Å². The Balaban J connectivity index is 0.000000344. The normalized spacial score (nSPS) is 12.8. The maximum Gasteiger partial charge on any atom is 0.413 e. The third kappa shape index (κ3) is 17.1. The first-order valence-electron chi connectivity index (χ1n) is 20.1. The largest absolute Gasteiger partial charge is 0.490 e. The molecule has 0 aliphatic rings. The number of methoxy groups -OCH3 is 2. The fraction of sp³-hybridized carbons (Fsp3) is 0.444. The van der Waals surface area contributed by atoms with E-state index in [9.17, 15) is 24.9 Å². The molecule has 4 aromatic rings. The second-order valence-electron chi connectivity index (χ2n) is 17.0. The lowest BCUT2D eigenvalue weighted by atomic mass is 9.91. The topological polar surface area (TPSA) is 259 Å². The number of alkyl carbamates (subject to hydrolysis) is 1. The molecule has 0 saturated carbocycles. The minimum atomic E-state index is -0.719. The Labute approximate surface area is 368 Å². The second-order valence-corrected chi connectivity index (χ2v) is 17.0. The van der Waals surface area contributed by atoms with Crippen molar-refractivity contribution < 1.29 is 38.1 Å². The van der Waals surface area contributed by atoms with Crippen molar-refractivity contribution >= 4 is 30.2 Å². The maximum absolute atomic E-state index is 12.4. The predicted octanol–water partition coefficient (Wildman–Crippen LogP) is 8.24. The third-order valence-electron chi connectivity index (χ3n) is 8.54. The highest BCUT2D eigenvalue weighted by molar-refractivity contribution is 5.83. The molecule has 0 unspecified atom stereocenters. The summed E-state index contributed by atoms with van der Waals surface area (Å²) in [6.45, 7) is 18.0. The SMILES string of the molecule is COC(=O)Nc1nccc(-c2ccc(OC[C@@](C)(N)CC(C)C)c(C#N)c2)n1.COC(=O)Nc1nccc(-c2ccc(OC[C@](C)(CC(C)C)NC(=O)OC(C)(C)C)c(C#N)c2)n1. The summed E-state index contributed by atoms with van der Waals surface area (Å²) in [4.78, 5) is 51.6. The zero-order valence-electron chi connectivity index (χ0n) is 37.8. The Morgan fingerprint density at radius 2 is 1.13 bits per heavy atom. The molecule has 3 amide bonds. The number of nitriles is 2. The van der Waals surface area contributed by atoms with Crippen LogP contribution < -0.4 is 31.2 Å². The van der Waals surface area contributed by atoms with Crippen molar-refractivity contribution in [1.29, 1.82) is 10.5 Å². The van der Waals surface area contributed by atoms with Gasteiger partial charge in [0.25, 0.3) is 0 Å². The quantitative estimate of drug-likeness (QED) is 0.0820. The van der Waals surface area contributed by atoms with Gasteiger partial charge in [-0.1, -0.05) is 27.7 Å². The lowest BCUT2D eigenvalue weighted by Gasteiger charge is -2.33. The number of ether oxygens (including phenoxy) is 5. The standard InChI is InChI=1S/C25H33N5O5.C20H25N5O3/c1-16(2)13-25(6,30-23(32)35-24(3,4)5)15-34-20-9-8-17(12-18(20)14-26)19-10-11-27-21(28-19)29-22(31)33-7;1-13(2)10-20(3,22)12-28-17-6-5-14(9-15(17)11-21)16-7-8-23-18(24-16)25-19(26)27-4/h8-12,16H,13,15H2,1-7H3,(H,30,32)(H,27,28,29,31);5-9,13H,10,12,22H2,1-4H3,(H,23,24,25,26)/t25-;20-/m00/s1. The number of nitrogens with zero attached hydrogens (tertiary/aromatic N) is 6. The molecule has 63 heavy (non-hydrogen) atoms. The van der Waals surface area contributed by atoms with Crippen LogP contribution in [0.1, 0.15) is 86.3 Å². The molecular formula is C45H58N10O8. The van der Waals surface area contributed by atoms with Crippen LogP contribution in [0.4, 0.5) is 26.3 Å². The van der Waals surface area contributed by atoms with E-state index in [-0.39, 0.29) is 24.4 Å². The molecule has 0 spiro atoms. The van der Waals surface area contributed by atoms with Crippen LogP contribution in [0, 0.1) is 34.5 Å². The van der Waals surface area contributed by atoms with E-state index < -0.39 is 35.0 Å².